The molecule has 0 unspecified atom stereocenters. The highest BCUT2D eigenvalue weighted by atomic mass is 14.6. The molecule has 0 aromatic carbocycles. The van der Waals surface area contributed by atoms with E-state index in [1.165, 1.54) is 6.42 Å². The lowest BCUT2D eigenvalue weighted by atomic mass is 10.2. The lowest BCUT2D eigenvalue weighted by Gasteiger charge is -1.90. The average molecular weight is 139 g/mol. The van der Waals surface area contributed by atoms with Crippen molar-refractivity contribution in [2.24, 2.45) is 5.92 Å². The Kier molecular flexibility index (Phi) is 5.94. The fourth-order valence-corrected chi connectivity index (χ4v) is 0.278. The van der Waals surface area contributed by atoms with Crippen molar-refractivity contribution in [1.82, 2.24) is 4.98 Å². The molecule has 1 heteroatoms. The van der Waals surface area contributed by atoms with E-state index >= 15 is 0 Å². The lowest BCUT2D eigenvalue weighted by Crippen LogP contribution is -1.77. The van der Waals surface area contributed by atoms with Crippen LogP contribution in [0.25, 0.3) is 0 Å². The Morgan fingerprint density at radius 3 is 1.70 bits per heavy atom. The van der Waals surface area contributed by atoms with Gasteiger partial charge in [0.2, 0.25) is 0 Å². The maximum atomic E-state index is 2.86. The number of H-pyrrole nitrogens is 1. The van der Waals surface area contributed by atoms with Crippen molar-refractivity contribution in [2.45, 2.75) is 27.2 Å². The van der Waals surface area contributed by atoms with Crippen LogP contribution >= 0.6 is 0 Å². The van der Waals surface area contributed by atoms with Crippen LogP contribution in [0.2, 0.25) is 0 Å². The molecule has 1 aromatic rings. The highest BCUT2D eigenvalue weighted by Crippen LogP contribution is 1.93. The minimum atomic E-state index is 0.884. The average Bonchev–Trinajstić information content (AvgIpc) is 2.43. The monoisotopic (exact) mass is 139 g/mol. The van der Waals surface area contributed by atoms with E-state index in [-0.39, 0.29) is 0 Å². The molecule has 58 valence electrons. The molecule has 1 nitrogen and oxygen atoms in total. The van der Waals surface area contributed by atoms with Gasteiger partial charge in [-0.1, -0.05) is 27.2 Å². The fourth-order valence-electron chi connectivity index (χ4n) is 0.278. The minimum absolute atomic E-state index is 0.884. The van der Waals surface area contributed by atoms with Crippen LogP contribution < -0.4 is 0 Å². The molecule has 10 heavy (non-hydrogen) atoms. The summed E-state index contributed by atoms with van der Waals surface area (Å²) in [5.74, 6) is 0.884. The van der Waals surface area contributed by atoms with E-state index in [0.29, 0.717) is 0 Å². The third kappa shape index (κ3) is 7.28. The number of hydrogen-bond acceptors (Lipinski definition) is 0. The second kappa shape index (κ2) is 6.40. The summed E-state index contributed by atoms with van der Waals surface area (Å²) in [6.45, 7) is 6.64. The molecular formula is C9H17N. The highest BCUT2D eigenvalue weighted by Gasteiger charge is 1.80. The van der Waals surface area contributed by atoms with E-state index in [1.54, 1.807) is 0 Å². The van der Waals surface area contributed by atoms with Gasteiger partial charge in [-0.2, -0.15) is 0 Å². The summed E-state index contributed by atoms with van der Waals surface area (Å²) in [7, 11) is 0. The van der Waals surface area contributed by atoms with Crippen LogP contribution in [0, 0.1) is 5.92 Å². The molecular weight excluding hydrogens is 122 g/mol. The van der Waals surface area contributed by atoms with E-state index in [0.717, 1.165) is 5.92 Å². The maximum Gasteiger partial charge on any atom is 0.000496 e. The summed E-state index contributed by atoms with van der Waals surface area (Å²) in [5, 5.41) is 0. The Labute approximate surface area is 63.5 Å². The largest absolute Gasteiger partial charge is 0.368 e. The lowest BCUT2D eigenvalue weighted by molar-refractivity contribution is 0.626. The number of nitrogens with one attached hydrogen (secondary N) is 1. The summed E-state index contributed by atoms with van der Waals surface area (Å²) >= 11 is 0. The van der Waals surface area contributed by atoms with Crippen molar-refractivity contribution in [1.29, 1.82) is 0 Å². The maximum absolute atomic E-state index is 2.86. The van der Waals surface area contributed by atoms with Gasteiger partial charge in [0, 0.05) is 12.4 Å². The second-order valence-electron chi connectivity index (χ2n) is 2.69. The van der Waals surface area contributed by atoms with Gasteiger partial charge >= 0.3 is 0 Å². The van der Waals surface area contributed by atoms with Crippen molar-refractivity contribution < 1.29 is 0 Å². The molecule has 0 saturated carbocycles. The SMILES string of the molecule is CCC(C)C.c1cc[nH]c1. The van der Waals surface area contributed by atoms with Crippen LogP contribution in [-0.2, 0) is 0 Å². The molecule has 0 fully saturated rings. The number of aromatic nitrogens is 1. The number of aromatic amines is 1. The molecule has 0 aliphatic heterocycles. The van der Waals surface area contributed by atoms with Crippen LogP contribution in [0.1, 0.15) is 27.2 Å². The third-order valence-corrected chi connectivity index (χ3v) is 1.31. The topological polar surface area (TPSA) is 15.8 Å². The molecule has 1 heterocycles. The van der Waals surface area contributed by atoms with Crippen LogP contribution in [0.5, 0.6) is 0 Å². The van der Waals surface area contributed by atoms with Crippen LogP contribution in [-0.4, -0.2) is 4.98 Å². The van der Waals surface area contributed by atoms with E-state index in [9.17, 15) is 0 Å². The first kappa shape index (κ1) is 9.28. The van der Waals surface area contributed by atoms with Gasteiger partial charge in [0.25, 0.3) is 0 Å². The molecule has 1 N–H and O–H groups in total. The molecule has 1 aromatic heterocycles. The van der Waals surface area contributed by atoms with E-state index in [2.05, 4.69) is 25.8 Å². The Morgan fingerprint density at radius 1 is 1.20 bits per heavy atom. The van der Waals surface area contributed by atoms with Crippen molar-refractivity contribution in [3.05, 3.63) is 24.5 Å². The number of rotatable bonds is 1. The van der Waals surface area contributed by atoms with Gasteiger partial charge in [0.05, 0.1) is 0 Å². The van der Waals surface area contributed by atoms with Gasteiger partial charge in [-0.15, -0.1) is 0 Å². The molecule has 0 aliphatic carbocycles. The zero-order valence-electron chi connectivity index (χ0n) is 7.09. The van der Waals surface area contributed by atoms with Gasteiger partial charge in [-0.3, -0.25) is 0 Å². The molecule has 0 bridgehead atoms. The Hall–Kier alpha value is -0.720. The normalized spacial score (nSPS) is 8.80. The first-order chi connectivity index (χ1) is 4.77. The first-order valence-corrected chi connectivity index (χ1v) is 3.85. The zero-order valence-corrected chi connectivity index (χ0v) is 7.09. The molecule has 0 radical (unpaired) electrons. The quantitative estimate of drug-likeness (QED) is 0.615. The summed E-state index contributed by atoms with van der Waals surface area (Å²) in [5.41, 5.74) is 0. The molecule has 0 aliphatic rings. The van der Waals surface area contributed by atoms with Crippen LogP contribution in [0.3, 0.4) is 0 Å². The fraction of sp³-hybridized carbons (Fsp3) is 0.556. The van der Waals surface area contributed by atoms with Gasteiger partial charge in [-0.25, -0.2) is 0 Å². The van der Waals surface area contributed by atoms with Crippen molar-refractivity contribution >= 4 is 0 Å². The minimum Gasteiger partial charge on any atom is -0.368 e. The standard InChI is InChI=1S/C5H12.C4H5N/c1-4-5(2)3;1-2-4-5-3-1/h5H,4H2,1-3H3;1-5H. The summed E-state index contributed by atoms with van der Waals surface area (Å²) in [4.78, 5) is 2.86. The Morgan fingerprint density at radius 2 is 1.60 bits per heavy atom. The Balaban J connectivity index is 0.000000162. The first-order valence-electron chi connectivity index (χ1n) is 3.85. The predicted molar refractivity (Wildman–Crippen MR) is 45.9 cm³/mol. The van der Waals surface area contributed by atoms with Crippen molar-refractivity contribution in [3.63, 3.8) is 0 Å². The van der Waals surface area contributed by atoms with Crippen LogP contribution in [0.4, 0.5) is 0 Å². The molecule has 0 saturated heterocycles. The van der Waals surface area contributed by atoms with Gasteiger partial charge < -0.3 is 4.98 Å². The number of hydrogen-bond donors (Lipinski definition) is 1. The van der Waals surface area contributed by atoms with Gasteiger partial charge in [-0.05, 0) is 18.1 Å². The third-order valence-electron chi connectivity index (χ3n) is 1.31. The molecule has 0 amide bonds. The summed E-state index contributed by atoms with van der Waals surface area (Å²) < 4.78 is 0. The Bertz CT molecular complexity index is 102. The summed E-state index contributed by atoms with van der Waals surface area (Å²) in [6.07, 6.45) is 5.06. The van der Waals surface area contributed by atoms with Crippen molar-refractivity contribution in [2.75, 3.05) is 0 Å². The smallest absolute Gasteiger partial charge is 0.000496 e. The van der Waals surface area contributed by atoms with Gasteiger partial charge in [0.15, 0.2) is 0 Å². The van der Waals surface area contributed by atoms with Crippen molar-refractivity contribution in [3.8, 4) is 0 Å². The van der Waals surface area contributed by atoms with Gasteiger partial charge in [0.1, 0.15) is 0 Å². The highest BCUT2D eigenvalue weighted by molar-refractivity contribution is 4.84. The molecule has 0 spiro atoms. The molecule has 1 rings (SSSR count). The second-order valence-corrected chi connectivity index (χ2v) is 2.69. The van der Waals surface area contributed by atoms with E-state index in [1.807, 2.05) is 24.5 Å². The zero-order chi connectivity index (χ0) is 7.82. The molecule has 0 atom stereocenters. The van der Waals surface area contributed by atoms with E-state index < -0.39 is 0 Å². The van der Waals surface area contributed by atoms with Crippen LogP contribution in [0.15, 0.2) is 24.5 Å². The van der Waals surface area contributed by atoms with E-state index in [4.69, 9.17) is 0 Å². The summed E-state index contributed by atoms with van der Waals surface area (Å²) in [6, 6.07) is 3.89. The predicted octanol–water partition coefficient (Wildman–Crippen LogP) is 3.07.